The highest BCUT2D eigenvalue weighted by atomic mass is 16.1. The van der Waals surface area contributed by atoms with Gasteiger partial charge in [0.15, 0.2) is 17.3 Å². The van der Waals surface area contributed by atoms with E-state index in [2.05, 4.69) is 39.4 Å². The van der Waals surface area contributed by atoms with Crippen molar-refractivity contribution in [3.63, 3.8) is 0 Å². The third-order valence-electron chi connectivity index (χ3n) is 5.68. The summed E-state index contributed by atoms with van der Waals surface area (Å²) < 4.78 is 1.81. The molecule has 6 nitrogen and oxygen atoms in total. The summed E-state index contributed by atoms with van der Waals surface area (Å²) in [7, 11) is 0. The number of Topliss-reactive ketones (excluding diaryl/α,β-unsaturated/α-hetero) is 1. The maximum Gasteiger partial charge on any atom is 0.177 e. The van der Waals surface area contributed by atoms with Crippen LogP contribution < -0.4 is 0 Å². The number of fused-ring (bicyclic) bond motifs is 3. The average molecular weight is 391 g/mol. The zero-order valence-corrected chi connectivity index (χ0v) is 16.1. The normalized spacial score (nSPS) is 13.3. The van der Waals surface area contributed by atoms with Gasteiger partial charge in [0.25, 0.3) is 0 Å². The fourth-order valence-corrected chi connectivity index (χ4v) is 4.13. The molecule has 0 spiro atoms. The van der Waals surface area contributed by atoms with Gasteiger partial charge in [-0.2, -0.15) is 9.61 Å². The maximum absolute atomic E-state index is 11.9. The second-order valence-corrected chi connectivity index (χ2v) is 7.61. The number of hydrogen-bond acceptors (Lipinski definition) is 5. The maximum atomic E-state index is 11.9. The van der Waals surface area contributed by atoms with E-state index in [1.807, 2.05) is 36.4 Å². The Labute approximate surface area is 172 Å². The Morgan fingerprint density at radius 3 is 2.87 bits per heavy atom. The molecule has 3 aromatic heterocycles. The summed E-state index contributed by atoms with van der Waals surface area (Å²) in [6, 6.07) is 20.1. The van der Waals surface area contributed by atoms with Gasteiger partial charge in [0.05, 0.1) is 11.2 Å². The Hall–Kier alpha value is -3.93. The van der Waals surface area contributed by atoms with Crippen molar-refractivity contribution in [1.29, 1.82) is 0 Å². The summed E-state index contributed by atoms with van der Waals surface area (Å²) in [5.74, 6) is 1.01. The van der Waals surface area contributed by atoms with Crippen LogP contribution >= 0.6 is 0 Å². The first-order valence-electron chi connectivity index (χ1n) is 9.96. The summed E-state index contributed by atoms with van der Waals surface area (Å²) >= 11 is 0. The van der Waals surface area contributed by atoms with Crippen LogP contribution in [-0.2, 0) is 12.8 Å². The van der Waals surface area contributed by atoms with E-state index in [-0.39, 0.29) is 5.78 Å². The van der Waals surface area contributed by atoms with E-state index < -0.39 is 0 Å². The van der Waals surface area contributed by atoms with E-state index >= 15 is 0 Å². The quantitative estimate of drug-likeness (QED) is 0.464. The molecule has 144 valence electrons. The van der Waals surface area contributed by atoms with Gasteiger partial charge in [-0.15, -0.1) is 10.2 Å². The van der Waals surface area contributed by atoms with Crippen molar-refractivity contribution in [2.45, 2.75) is 19.3 Å². The molecule has 0 N–H and O–H groups in total. The fourth-order valence-electron chi connectivity index (χ4n) is 4.13. The van der Waals surface area contributed by atoms with Gasteiger partial charge < -0.3 is 0 Å². The molecule has 0 saturated carbocycles. The summed E-state index contributed by atoms with van der Waals surface area (Å²) in [5.41, 5.74) is 6.61. The van der Waals surface area contributed by atoms with Crippen LogP contribution in [0.2, 0.25) is 0 Å². The van der Waals surface area contributed by atoms with Crippen molar-refractivity contribution in [1.82, 2.24) is 24.8 Å². The standard InChI is InChI=1S/C24H17N5O/c30-22-9-5-16-14-18(4-6-19(16)22)21-8-10-23-26-27-24(29(23)28-21)13-15-3-7-20-17(12-15)2-1-11-25-20/h1-4,6-8,10-12,14H,5,9,13H2. The van der Waals surface area contributed by atoms with Gasteiger partial charge in [-0.3, -0.25) is 9.78 Å². The molecule has 6 rings (SSSR count). The second-order valence-electron chi connectivity index (χ2n) is 7.61. The van der Waals surface area contributed by atoms with Gasteiger partial charge >= 0.3 is 0 Å². The van der Waals surface area contributed by atoms with Gasteiger partial charge in [-0.05, 0) is 53.9 Å². The Morgan fingerprint density at radius 1 is 0.933 bits per heavy atom. The van der Waals surface area contributed by atoms with Gasteiger partial charge in [0.2, 0.25) is 0 Å². The molecular formula is C24H17N5O. The SMILES string of the molecule is O=C1CCc2cc(-c3ccc4nnc(Cc5ccc6ncccc6c5)n4n3)ccc21. The lowest BCUT2D eigenvalue weighted by Crippen LogP contribution is -2.02. The smallest absolute Gasteiger partial charge is 0.177 e. The van der Waals surface area contributed by atoms with E-state index in [0.29, 0.717) is 18.5 Å². The molecule has 0 fully saturated rings. The van der Waals surface area contributed by atoms with Crippen LogP contribution in [0, 0.1) is 0 Å². The van der Waals surface area contributed by atoms with E-state index in [9.17, 15) is 4.79 Å². The van der Waals surface area contributed by atoms with Crippen LogP contribution in [0.4, 0.5) is 0 Å². The Bertz CT molecular complexity index is 1450. The predicted octanol–water partition coefficient (Wildman–Crippen LogP) is 4.06. The molecule has 0 radical (unpaired) electrons. The third kappa shape index (κ3) is 2.76. The first-order valence-corrected chi connectivity index (χ1v) is 9.96. The fraction of sp³-hybridized carbons (Fsp3) is 0.125. The van der Waals surface area contributed by atoms with Crippen molar-refractivity contribution in [2.24, 2.45) is 0 Å². The molecule has 0 unspecified atom stereocenters. The summed E-state index contributed by atoms with van der Waals surface area (Å²) in [5, 5.41) is 14.5. The first kappa shape index (κ1) is 17.0. The van der Waals surface area contributed by atoms with Crippen molar-refractivity contribution in [2.75, 3.05) is 0 Å². The number of nitrogens with zero attached hydrogens (tertiary/aromatic N) is 5. The Morgan fingerprint density at radius 2 is 1.90 bits per heavy atom. The lowest BCUT2D eigenvalue weighted by Gasteiger charge is -2.06. The van der Waals surface area contributed by atoms with Crippen LogP contribution in [-0.4, -0.2) is 30.6 Å². The number of benzene rings is 2. The number of aromatic nitrogens is 5. The number of pyridine rings is 1. The lowest BCUT2D eigenvalue weighted by atomic mass is 10.0. The molecule has 0 atom stereocenters. The monoisotopic (exact) mass is 391 g/mol. The number of ketones is 1. The highest BCUT2D eigenvalue weighted by Gasteiger charge is 2.20. The molecule has 0 aliphatic heterocycles. The number of rotatable bonds is 3. The van der Waals surface area contributed by atoms with E-state index in [4.69, 9.17) is 5.10 Å². The minimum absolute atomic E-state index is 0.228. The Balaban J connectivity index is 1.38. The molecule has 1 aliphatic rings. The van der Waals surface area contributed by atoms with Crippen molar-refractivity contribution in [3.05, 3.63) is 89.4 Å². The van der Waals surface area contributed by atoms with Gasteiger partial charge in [-0.25, -0.2) is 0 Å². The lowest BCUT2D eigenvalue weighted by molar-refractivity contribution is 0.0994. The summed E-state index contributed by atoms with van der Waals surface area (Å²) in [4.78, 5) is 16.3. The topological polar surface area (TPSA) is 73.0 Å². The molecule has 30 heavy (non-hydrogen) atoms. The largest absolute Gasteiger partial charge is 0.294 e. The van der Waals surface area contributed by atoms with Crippen LogP contribution in [0.3, 0.4) is 0 Å². The van der Waals surface area contributed by atoms with Gasteiger partial charge in [0.1, 0.15) is 0 Å². The molecule has 0 saturated heterocycles. The number of aryl methyl sites for hydroxylation is 1. The average Bonchev–Trinajstić information content (AvgIpc) is 3.36. The van der Waals surface area contributed by atoms with Crippen molar-refractivity contribution < 1.29 is 4.79 Å². The Kier molecular flexibility index (Phi) is 3.71. The minimum atomic E-state index is 0.228. The van der Waals surface area contributed by atoms with Gasteiger partial charge in [0, 0.05) is 35.6 Å². The summed E-state index contributed by atoms with van der Waals surface area (Å²) in [6.07, 6.45) is 3.83. The number of carbonyl (C=O) groups is 1. The van der Waals surface area contributed by atoms with Crippen molar-refractivity contribution >= 4 is 22.3 Å². The second kappa shape index (κ2) is 6.56. The van der Waals surface area contributed by atoms with Crippen LogP contribution in [0.5, 0.6) is 0 Å². The molecule has 5 aromatic rings. The number of carbonyl (C=O) groups excluding carboxylic acids is 1. The summed E-state index contributed by atoms with van der Waals surface area (Å²) in [6.45, 7) is 0. The molecular weight excluding hydrogens is 374 g/mol. The predicted molar refractivity (Wildman–Crippen MR) is 113 cm³/mol. The molecule has 0 bridgehead atoms. The molecule has 3 heterocycles. The molecule has 0 amide bonds. The first-order chi connectivity index (χ1) is 14.7. The number of hydrogen-bond donors (Lipinski definition) is 0. The molecule has 1 aliphatic carbocycles. The zero-order chi connectivity index (χ0) is 20.1. The van der Waals surface area contributed by atoms with Gasteiger partial charge in [-0.1, -0.05) is 24.3 Å². The van der Waals surface area contributed by atoms with Crippen LogP contribution in [0.1, 0.15) is 33.7 Å². The minimum Gasteiger partial charge on any atom is -0.294 e. The third-order valence-corrected chi connectivity index (χ3v) is 5.68. The molecule has 6 heteroatoms. The molecule has 2 aromatic carbocycles. The highest BCUT2D eigenvalue weighted by Crippen LogP contribution is 2.27. The van der Waals surface area contributed by atoms with E-state index in [0.717, 1.165) is 51.1 Å². The van der Waals surface area contributed by atoms with Crippen LogP contribution in [0.15, 0.2) is 66.9 Å². The highest BCUT2D eigenvalue weighted by molar-refractivity contribution is 6.00. The zero-order valence-electron chi connectivity index (χ0n) is 16.1. The van der Waals surface area contributed by atoms with E-state index in [1.54, 1.807) is 10.7 Å². The van der Waals surface area contributed by atoms with E-state index in [1.165, 1.54) is 0 Å². The van der Waals surface area contributed by atoms with Crippen molar-refractivity contribution in [3.8, 4) is 11.3 Å². The van der Waals surface area contributed by atoms with Crippen LogP contribution in [0.25, 0.3) is 27.8 Å².